The fraction of sp³-hybridized carbons (Fsp3) is 0.333. The minimum Gasteiger partial charge on any atom is -0.481 e. The molecule has 3 aromatic rings. The first kappa shape index (κ1) is 17.2. The van der Waals surface area contributed by atoms with E-state index in [2.05, 4.69) is 47.4 Å². The van der Waals surface area contributed by atoms with Crippen LogP contribution in [0.15, 0.2) is 48.5 Å². The summed E-state index contributed by atoms with van der Waals surface area (Å²) in [6.07, 6.45) is 1.39. The minimum atomic E-state index is -0.670. The van der Waals surface area contributed by atoms with Crippen molar-refractivity contribution in [3.05, 3.63) is 64.8 Å². The monoisotopic (exact) mass is 366 g/mol. The molecule has 1 saturated heterocycles. The maximum Gasteiger partial charge on any atom is 0.306 e. The van der Waals surface area contributed by atoms with E-state index in [0.717, 1.165) is 24.5 Å². The predicted octanol–water partition coefficient (Wildman–Crippen LogP) is 4.49. The number of thiophene rings is 1. The van der Waals surface area contributed by atoms with Crippen LogP contribution in [0.4, 0.5) is 0 Å². The number of pyridine rings is 1. The number of hydrogen-bond acceptors (Lipinski definition) is 4. The number of hydrogen-bond donors (Lipinski definition) is 1. The highest BCUT2D eigenvalue weighted by atomic mass is 32.1. The average Bonchev–Trinajstić information content (AvgIpc) is 3.06. The summed E-state index contributed by atoms with van der Waals surface area (Å²) in [7, 11) is 0. The van der Waals surface area contributed by atoms with Crippen LogP contribution in [-0.4, -0.2) is 34.0 Å². The first-order valence-electron chi connectivity index (χ1n) is 9.01. The molecule has 0 amide bonds. The number of carboxylic acid groups (broad SMARTS) is 1. The largest absolute Gasteiger partial charge is 0.481 e. The van der Waals surface area contributed by atoms with Crippen molar-refractivity contribution in [2.75, 3.05) is 13.1 Å². The molecule has 1 aromatic carbocycles. The van der Waals surface area contributed by atoms with E-state index in [0.29, 0.717) is 12.8 Å². The number of likely N-dealkylation sites (tertiary alicyclic amines) is 1. The molecule has 5 heteroatoms. The van der Waals surface area contributed by atoms with E-state index in [4.69, 9.17) is 4.98 Å². The highest BCUT2D eigenvalue weighted by Gasteiger charge is 2.31. The fourth-order valence-corrected chi connectivity index (χ4v) is 4.98. The second-order valence-electron chi connectivity index (χ2n) is 6.94. The van der Waals surface area contributed by atoms with Gasteiger partial charge in [-0.3, -0.25) is 14.7 Å². The van der Waals surface area contributed by atoms with E-state index < -0.39 is 5.97 Å². The number of aryl methyl sites for hydroxylation is 1. The summed E-state index contributed by atoms with van der Waals surface area (Å²) >= 11 is 1.81. The lowest BCUT2D eigenvalue weighted by Crippen LogP contribution is -2.39. The molecule has 134 valence electrons. The molecule has 1 unspecified atom stereocenters. The summed E-state index contributed by atoms with van der Waals surface area (Å²) < 4.78 is 1.28. The Bertz CT molecular complexity index is 895. The number of piperidine rings is 1. The van der Waals surface area contributed by atoms with Crippen molar-refractivity contribution in [2.24, 2.45) is 5.92 Å². The predicted molar refractivity (Wildman–Crippen MR) is 105 cm³/mol. The van der Waals surface area contributed by atoms with E-state index in [1.165, 1.54) is 15.0 Å². The summed E-state index contributed by atoms with van der Waals surface area (Å²) in [6, 6.07) is 16.9. The van der Waals surface area contributed by atoms with Gasteiger partial charge in [0.2, 0.25) is 0 Å². The quantitative estimate of drug-likeness (QED) is 0.739. The first-order valence-corrected chi connectivity index (χ1v) is 9.82. The first-order chi connectivity index (χ1) is 12.6. The Kier molecular flexibility index (Phi) is 4.74. The molecular weight excluding hydrogens is 344 g/mol. The lowest BCUT2D eigenvalue weighted by atomic mass is 9.95. The molecule has 0 saturated carbocycles. The SMILES string of the molecule is Cc1cccc(C(c2cc3ccccc3s2)N2CCC(C(=O)O)CC2)n1. The Morgan fingerprint density at radius 2 is 1.96 bits per heavy atom. The zero-order valence-corrected chi connectivity index (χ0v) is 15.6. The van der Waals surface area contributed by atoms with E-state index in [1.807, 2.05) is 24.3 Å². The molecule has 26 heavy (non-hydrogen) atoms. The van der Waals surface area contributed by atoms with Gasteiger partial charge < -0.3 is 5.11 Å². The van der Waals surface area contributed by atoms with Gasteiger partial charge in [-0.25, -0.2) is 0 Å². The van der Waals surface area contributed by atoms with Crippen molar-refractivity contribution in [3.8, 4) is 0 Å². The standard InChI is InChI=1S/C21H22N2O2S/c1-14-5-4-7-17(22-14)20(23-11-9-15(10-12-23)21(24)25)19-13-16-6-2-3-8-18(16)26-19/h2-8,13,15,20H,9-12H2,1H3,(H,24,25). The Morgan fingerprint density at radius 3 is 2.65 bits per heavy atom. The van der Waals surface area contributed by atoms with Crippen molar-refractivity contribution in [2.45, 2.75) is 25.8 Å². The highest BCUT2D eigenvalue weighted by Crippen LogP contribution is 2.38. The van der Waals surface area contributed by atoms with Crippen LogP contribution in [0, 0.1) is 12.8 Å². The summed E-state index contributed by atoms with van der Waals surface area (Å²) in [5, 5.41) is 10.6. The van der Waals surface area contributed by atoms with Gasteiger partial charge in [-0.2, -0.15) is 0 Å². The lowest BCUT2D eigenvalue weighted by molar-refractivity contribution is -0.143. The van der Waals surface area contributed by atoms with Crippen molar-refractivity contribution < 1.29 is 9.90 Å². The van der Waals surface area contributed by atoms with Gasteiger partial charge in [0.05, 0.1) is 17.7 Å². The van der Waals surface area contributed by atoms with Crippen LogP contribution in [0.3, 0.4) is 0 Å². The number of nitrogens with zero attached hydrogens (tertiary/aromatic N) is 2. The molecule has 0 aliphatic carbocycles. The zero-order valence-electron chi connectivity index (χ0n) is 14.8. The summed E-state index contributed by atoms with van der Waals surface area (Å²) in [4.78, 5) is 19.8. The highest BCUT2D eigenvalue weighted by molar-refractivity contribution is 7.19. The lowest BCUT2D eigenvalue weighted by Gasteiger charge is -2.35. The van der Waals surface area contributed by atoms with Crippen LogP contribution in [0.2, 0.25) is 0 Å². The molecule has 3 heterocycles. The number of aliphatic carboxylic acids is 1. The molecule has 0 bridgehead atoms. The van der Waals surface area contributed by atoms with E-state index in [1.54, 1.807) is 0 Å². The number of rotatable bonds is 4. The molecule has 1 aliphatic rings. The third-order valence-corrected chi connectivity index (χ3v) is 6.32. The Balaban J connectivity index is 1.71. The third kappa shape index (κ3) is 3.37. The molecule has 4 rings (SSSR count). The molecule has 0 radical (unpaired) electrons. The van der Waals surface area contributed by atoms with Gasteiger partial charge in [-0.05, 0) is 62.5 Å². The fourth-order valence-electron chi connectivity index (χ4n) is 3.77. The van der Waals surface area contributed by atoms with Crippen molar-refractivity contribution >= 4 is 27.4 Å². The van der Waals surface area contributed by atoms with Gasteiger partial charge in [0.25, 0.3) is 0 Å². The Hall–Kier alpha value is -2.24. The van der Waals surface area contributed by atoms with Gasteiger partial charge in [-0.15, -0.1) is 11.3 Å². The maximum absolute atomic E-state index is 11.3. The number of carbonyl (C=O) groups is 1. The second kappa shape index (κ2) is 7.17. The smallest absolute Gasteiger partial charge is 0.306 e. The van der Waals surface area contributed by atoms with Crippen LogP contribution in [0.1, 0.15) is 35.1 Å². The summed E-state index contributed by atoms with van der Waals surface area (Å²) in [5.41, 5.74) is 2.05. The number of carboxylic acids is 1. The van der Waals surface area contributed by atoms with E-state index in [-0.39, 0.29) is 12.0 Å². The van der Waals surface area contributed by atoms with Crippen molar-refractivity contribution in [3.63, 3.8) is 0 Å². The van der Waals surface area contributed by atoms with Crippen LogP contribution in [-0.2, 0) is 4.79 Å². The normalized spacial score (nSPS) is 17.4. The Morgan fingerprint density at radius 1 is 1.19 bits per heavy atom. The summed E-state index contributed by atoms with van der Waals surface area (Å²) in [5.74, 6) is -0.892. The Labute approximate surface area is 157 Å². The molecule has 1 aliphatic heterocycles. The van der Waals surface area contributed by atoms with Crippen LogP contribution >= 0.6 is 11.3 Å². The second-order valence-corrected chi connectivity index (χ2v) is 8.06. The van der Waals surface area contributed by atoms with Gasteiger partial charge >= 0.3 is 5.97 Å². The number of benzene rings is 1. The molecular formula is C21H22N2O2S. The van der Waals surface area contributed by atoms with Gasteiger partial charge in [0.1, 0.15) is 0 Å². The zero-order chi connectivity index (χ0) is 18.1. The number of aromatic nitrogens is 1. The topological polar surface area (TPSA) is 53.4 Å². The molecule has 4 nitrogen and oxygen atoms in total. The molecule has 1 N–H and O–H groups in total. The van der Waals surface area contributed by atoms with Crippen LogP contribution in [0.5, 0.6) is 0 Å². The molecule has 1 fully saturated rings. The average molecular weight is 366 g/mol. The van der Waals surface area contributed by atoms with Crippen molar-refractivity contribution in [1.82, 2.24) is 9.88 Å². The minimum absolute atomic E-state index is 0.0852. The third-order valence-electron chi connectivity index (χ3n) is 5.15. The van der Waals surface area contributed by atoms with Crippen LogP contribution in [0.25, 0.3) is 10.1 Å². The molecule has 1 atom stereocenters. The maximum atomic E-state index is 11.3. The van der Waals surface area contributed by atoms with Gasteiger partial charge in [-0.1, -0.05) is 24.3 Å². The summed E-state index contributed by atoms with van der Waals surface area (Å²) in [6.45, 7) is 3.58. The van der Waals surface area contributed by atoms with Gasteiger partial charge in [0.15, 0.2) is 0 Å². The van der Waals surface area contributed by atoms with E-state index >= 15 is 0 Å². The molecule has 0 spiro atoms. The van der Waals surface area contributed by atoms with Crippen LogP contribution < -0.4 is 0 Å². The van der Waals surface area contributed by atoms with Crippen molar-refractivity contribution in [1.29, 1.82) is 0 Å². The number of fused-ring (bicyclic) bond motifs is 1. The van der Waals surface area contributed by atoms with E-state index in [9.17, 15) is 9.90 Å². The van der Waals surface area contributed by atoms with Gasteiger partial charge in [0, 0.05) is 15.3 Å². The molecule has 2 aromatic heterocycles.